The van der Waals surface area contributed by atoms with Crippen LogP contribution in [0.4, 0.5) is 13.2 Å². The number of furan rings is 1. The summed E-state index contributed by atoms with van der Waals surface area (Å²) < 4.78 is 46.5. The number of carbonyl (C=O) groups is 2. The van der Waals surface area contributed by atoms with Gasteiger partial charge >= 0.3 is 12.3 Å². The second-order valence-corrected chi connectivity index (χ2v) is 5.96. The highest BCUT2D eigenvalue weighted by Gasteiger charge is 2.31. The van der Waals surface area contributed by atoms with Crippen LogP contribution in [0.25, 0.3) is 17.4 Å². The van der Waals surface area contributed by atoms with Crippen molar-refractivity contribution in [2.75, 3.05) is 0 Å². The number of carbonyl (C=O) groups excluding carboxylic acids is 1. The van der Waals surface area contributed by atoms with Crippen LogP contribution >= 0.6 is 0 Å². The third-order valence-electron chi connectivity index (χ3n) is 3.78. The average Bonchev–Trinajstić information content (AvgIpc) is 3.15. The quantitative estimate of drug-likeness (QED) is 0.568. The molecule has 154 valence electrons. The molecule has 0 aliphatic rings. The molecule has 1 heterocycles. The summed E-state index contributed by atoms with van der Waals surface area (Å²) in [6.45, 7) is 0. The molecule has 3 aromatic rings. The minimum absolute atomic E-state index is 0.0814. The van der Waals surface area contributed by atoms with Crippen molar-refractivity contribution in [2.24, 2.45) is 0 Å². The van der Waals surface area contributed by atoms with Crippen molar-refractivity contribution >= 4 is 18.0 Å². The molecule has 0 spiro atoms. The monoisotopic (exact) mass is 417 g/mol. The van der Waals surface area contributed by atoms with Gasteiger partial charge in [0.15, 0.2) is 0 Å². The van der Waals surface area contributed by atoms with Crippen molar-refractivity contribution in [1.29, 1.82) is 0 Å². The van der Waals surface area contributed by atoms with E-state index in [2.05, 4.69) is 10.1 Å². The topological polar surface area (TPSA) is 88.8 Å². The number of halogens is 3. The van der Waals surface area contributed by atoms with E-state index in [1.807, 2.05) is 0 Å². The van der Waals surface area contributed by atoms with Gasteiger partial charge in [0.05, 0.1) is 0 Å². The van der Waals surface area contributed by atoms with Gasteiger partial charge in [-0.15, -0.1) is 13.2 Å². The summed E-state index contributed by atoms with van der Waals surface area (Å²) in [5.41, 5.74) is 0.131. The lowest BCUT2D eigenvalue weighted by molar-refractivity contribution is -0.274. The Balaban J connectivity index is 1.81. The van der Waals surface area contributed by atoms with Crippen molar-refractivity contribution in [2.45, 2.75) is 6.36 Å². The van der Waals surface area contributed by atoms with Crippen LogP contribution in [0, 0.1) is 0 Å². The van der Waals surface area contributed by atoms with Crippen molar-refractivity contribution < 1.29 is 37.0 Å². The molecular weight excluding hydrogens is 403 g/mol. The summed E-state index contributed by atoms with van der Waals surface area (Å²) in [6.07, 6.45) is -3.73. The molecule has 0 saturated heterocycles. The zero-order valence-electron chi connectivity index (χ0n) is 15.1. The van der Waals surface area contributed by atoms with Crippen LogP contribution in [0.1, 0.15) is 16.1 Å². The Labute approximate surface area is 168 Å². The molecule has 0 aliphatic heterocycles. The zero-order chi connectivity index (χ0) is 21.7. The number of rotatable bonds is 6. The van der Waals surface area contributed by atoms with Crippen LogP contribution in [0.2, 0.25) is 0 Å². The maximum absolute atomic E-state index is 12.4. The number of carboxylic acids is 1. The Kier molecular flexibility index (Phi) is 5.91. The molecule has 2 aromatic carbocycles. The van der Waals surface area contributed by atoms with Crippen LogP contribution in [0.15, 0.2) is 76.8 Å². The number of nitrogens with one attached hydrogen (secondary N) is 1. The Morgan fingerprint density at radius 3 is 2.40 bits per heavy atom. The molecule has 0 atom stereocenters. The number of aliphatic carboxylic acids is 1. The van der Waals surface area contributed by atoms with E-state index in [1.54, 1.807) is 18.2 Å². The fraction of sp³-hybridized carbons (Fsp3) is 0.0476. The third-order valence-corrected chi connectivity index (χ3v) is 3.78. The zero-order valence-corrected chi connectivity index (χ0v) is 15.1. The molecule has 0 aliphatic carbocycles. The predicted molar refractivity (Wildman–Crippen MR) is 100 cm³/mol. The lowest BCUT2D eigenvalue weighted by atomic mass is 10.1. The lowest BCUT2D eigenvalue weighted by Gasteiger charge is -2.09. The molecule has 0 radical (unpaired) electrons. The fourth-order valence-electron chi connectivity index (χ4n) is 2.51. The summed E-state index contributed by atoms with van der Waals surface area (Å²) in [6, 6.07) is 16.0. The molecule has 3 rings (SSSR count). The van der Waals surface area contributed by atoms with Crippen molar-refractivity contribution in [3.05, 3.63) is 83.8 Å². The summed E-state index contributed by atoms with van der Waals surface area (Å²) in [4.78, 5) is 23.7. The van der Waals surface area contributed by atoms with E-state index >= 15 is 0 Å². The van der Waals surface area contributed by atoms with E-state index in [-0.39, 0.29) is 17.1 Å². The molecule has 2 N–H and O–H groups in total. The van der Waals surface area contributed by atoms with Crippen LogP contribution in [0.5, 0.6) is 5.75 Å². The molecule has 0 bridgehead atoms. The number of carboxylic acid groups (broad SMARTS) is 1. The van der Waals surface area contributed by atoms with Gasteiger partial charge in [-0.25, -0.2) is 4.79 Å². The van der Waals surface area contributed by atoms with Crippen molar-refractivity contribution in [3.63, 3.8) is 0 Å². The van der Waals surface area contributed by atoms with Crippen LogP contribution in [-0.2, 0) is 4.79 Å². The summed E-state index contributed by atoms with van der Waals surface area (Å²) >= 11 is 0. The second kappa shape index (κ2) is 8.56. The summed E-state index contributed by atoms with van der Waals surface area (Å²) in [5.74, 6) is -2.16. The molecule has 6 nitrogen and oxygen atoms in total. The third kappa shape index (κ3) is 5.51. The van der Waals surface area contributed by atoms with Crippen molar-refractivity contribution in [3.8, 4) is 17.1 Å². The van der Waals surface area contributed by atoms with Gasteiger partial charge in [-0.05, 0) is 36.4 Å². The first kappa shape index (κ1) is 20.7. The SMILES string of the molecule is O=C(O)/C(=C\c1ccc(-c2cccc(OC(F)(F)F)c2)o1)NC(=O)c1ccccc1. The molecule has 1 aromatic heterocycles. The van der Waals surface area contributed by atoms with E-state index in [1.165, 1.54) is 36.4 Å². The maximum atomic E-state index is 12.4. The van der Waals surface area contributed by atoms with Crippen LogP contribution in [-0.4, -0.2) is 23.3 Å². The van der Waals surface area contributed by atoms with E-state index < -0.39 is 29.7 Å². The highest BCUT2D eigenvalue weighted by atomic mass is 19.4. The molecule has 0 fully saturated rings. The Morgan fingerprint density at radius 2 is 1.73 bits per heavy atom. The molecule has 1 amide bonds. The summed E-state index contributed by atoms with van der Waals surface area (Å²) in [5, 5.41) is 11.6. The van der Waals surface area contributed by atoms with Gasteiger partial charge in [-0.1, -0.05) is 30.3 Å². The van der Waals surface area contributed by atoms with Crippen LogP contribution < -0.4 is 10.1 Å². The molecule has 0 unspecified atom stereocenters. The minimum atomic E-state index is -4.83. The maximum Gasteiger partial charge on any atom is 0.573 e. The van der Waals surface area contributed by atoms with Crippen LogP contribution in [0.3, 0.4) is 0 Å². The Hall–Kier alpha value is -4.01. The second-order valence-electron chi connectivity index (χ2n) is 5.96. The van der Waals surface area contributed by atoms with Crippen molar-refractivity contribution in [1.82, 2.24) is 5.32 Å². The number of amides is 1. The normalized spacial score (nSPS) is 11.8. The lowest BCUT2D eigenvalue weighted by Crippen LogP contribution is -2.27. The number of ether oxygens (including phenoxy) is 1. The predicted octanol–water partition coefficient (Wildman–Crippen LogP) is 4.70. The van der Waals surface area contributed by atoms with Gasteiger partial charge in [0, 0.05) is 17.2 Å². The van der Waals surface area contributed by atoms with Gasteiger partial charge in [0.2, 0.25) is 0 Å². The van der Waals surface area contributed by atoms with E-state index in [0.29, 0.717) is 5.56 Å². The summed E-state index contributed by atoms with van der Waals surface area (Å²) in [7, 11) is 0. The molecule has 9 heteroatoms. The number of benzene rings is 2. The van der Waals surface area contributed by atoms with E-state index in [9.17, 15) is 27.9 Å². The van der Waals surface area contributed by atoms with Gasteiger partial charge in [-0.2, -0.15) is 0 Å². The van der Waals surface area contributed by atoms with E-state index in [0.717, 1.165) is 18.2 Å². The van der Waals surface area contributed by atoms with Gasteiger partial charge in [0.25, 0.3) is 5.91 Å². The highest BCUT2D eigenvalue weighted by Crippen LogP contribution is 2.29. The number of alkyl halides is 3. The molecule has 0 saturated carbocycles. The first-order chi connectivity index (χ1) is 14.2. The largest absolute Gasteiger partial charge is 0.573 e. The van der Waals surface area contributed by atoms with Gasteiger partial charge < -0.3 is 19.6 Å². The van der Waals surface area contributed by atoms with E-state index in [4.69, 9.17) is 4.42 Å². The first-order valence-electron chi connectivity index (χ1n) is 8.49. The smallest absolute Gasteiger partial charge is 0.477 e. The van der Waals surface area contributed by atoms with Gasteiger partial charge in [0.1, 0.15) is 23.0 Å². The Bertz CT molecular complexity index is 1090. The average molecular weight is 417 g/mol. The fourth-order valence-corrected chi connectivity index (χ4v) is 2.51. The highest BCUT2D eigenvalue weighted by molar-refractivity contribution is 6.02. The molecular formula is C21H14F3NO5. The standard InChI is InChI=1S/C21H14F3NO5/c22-21(23,24)30-16-8-4-7-14(11-16)18-10-9-15(29-18)12-17(20(27)28)25-19(26)13-5-2-1-3-6-13/h1-12H,(H,25,26)(H,27,28)/b17-12+. The minimum Gasteiger partial charge on any atom is -0.477 e. The number of hydrogen-bond acceptors (Lipinski definition) is 4. The Morgan fingerprint density at radius 1 is 1.00 bits per heavy atom. The number of hydrogen-bond donors (Lipinski definition) is 2. The molecule has 30 heavy (non-hydrogen) atoms. The van der Waals surface area contributed by atoms with Gasteiger partial charge in [-0.3, -0.25) is 4.79 Å². The first-order valence-corrected chi connectivity index (χ1v) is 8.49.